The Morgan fingerprint density at radius 1 is 1.50 bits per heavy atom. The first kappa shape index (κ1) is 13.1. The third kappa shape index (κ3) is 3.27. The number of hydrogen-bond acceptors (Lipinski definition) is 3. The van der Waals surface area contributed by atoms with Gasteiger partial charge in [0.25, 0.3) is 0 Å². The van der Waals surface area contributed by atoms with Crippen LogP contribution in [-0.2, 0) is 9.47 Å². The second-order valence-corrected chi connectivity index (χ2v) is 4.88. The zero-order chi connectivity index (χ0) is 12.2. The molecule has 3 nitrogen and oxygen atoms in total. The lowest BCUT2D eigenvalue weighted by atomic mass is 9.87. The maximum absolute atomic E-state index is 5.78. The molecule has 3 heteroatoms. The molecule has 1 aliphatic rings. The van der Waals surface area contributed by atoms with Crippen LogP contribution in [-0.4, -0.2) is 36.8 Å². The maximum atomic E-state index is 5.78. The van der Waals surface area contributed by atoms with Crippen molar-refractivity contribution in [1.82, 2.24) is 4.90 Å². The molecule has 1 aliphatic heterocycles. The normalized spacial score (nSPS) is 24.3. The van der Waals surface area contributed by atoms with E-state index in [1.54, 1.807) is 0 Å². The van der Waals surface area contributed by atoms with Gasteiger partial charge in [0, 0.05) is 24.7 Å². The molecule has 1 atom stereocenters. The van der Waals surface area contributed by atoms with Gasteiger partial charge in [-0.25, -0.2) is 0 Å². The van der Waals surface area contributed by atoms with Crippen LogP contribution in [0, 0.1) is 0 Å². The van der Waals surface area contributed by atoms with Gasteiger partial charge in [0.2, 0.25) is 0 Å². The fourth-order valence-electron chi connectivity index (χ4n) is 2.06. The number of ether oxygens (including phenoxy) is 2. The first-order valence-electron chi connectivity index (χ1n) is 5.73. The van der Waals surface area contributed by atoms with Gasteiger partial charge in [-0.3, -0.25) is 0 Å². The van der Waals surface area contributed by atoms with Crippen molar-refractivity contribution in [3.8, 4) is 0 Å². The van der Waals surface area contributed by atoms with Crippen LogP contribution in [0.5, 0.6) is 0 Å². The van der Waals surface area contributed by atoms with Crippen LogP contribution >= 0.6 is 0 Å². The molecule has 0 aromatic rings. The number of nitrogens with zero attached hydrogens (tertiary/aromatic N) is 1. The second-order valence-electron chi connectivity index (χ2n) is 4.88. The zero-order valence-corrected chi connectivity index (χ0v) is 10.7. The van der Waals surface area contributed by atoms with Gasteiger partial charge >= 0.3 is 0 Å². The molecular weight excluding hydrogens is 202 g/mol. The van der Waals surface area contributed by atoms with Gasteiger partial charge in [0.1, 0.15) is 6.61 Å². The van der Waals surface area contributed by atoms with Gasteiger partial charge in [-0.2, -0.15) is 0 Å². The Morgan fingerprint density at radius 3 is 2.75 bits per heavy atom. The number of rotatable bonds is 5. The molecule has 0 aromatic carbocycles. The summed E-state index contributed by atoms with van der Waals surface area (Å²) in [6, 6.07) is 0. The molecule has 0 bridgehead atoms. The monoisotopic (exact) mass is 225 g/mol. The predicted octanol–water partition coefficient (Wildman–Crippen LogP) is 2.55. The van der Waals surface area contributed by atoms with E-state index in [1.807, 2.05) is 0 Å². The first-order chi connectivity index (χ1) is 7.47. The molecule has 92 valence electrons. The molecule has 1 fully saturated rings. The van der Waals surface area contributed by atoms with E-state index in [4.69, 9.17) is 9.47 Å². The Kier molecular flexibility index (Phi) is 4.42. The van der Waals surface area contributed by atoms with Crippen molar-refractivity contribution in [2.75, 3.05) is 20.3 Å². The fourth-order valence-corrected chi connectivity index (χ4v) is 2.06. The predicted molar refractivity (Wildman–Crippen MR) is 66.1 cm³/mol. The van der Waals surface area contributed by atoms with Crippen LogP contribution in [0.4, 0.5) is 0 Å². The summed E-state index contributed by atoms with van der Waals surface area (Å²) >= 11 is 0. The van der Waals surface area contributed by atoms with E-state index in [0.717, 1.165) is 18.5 Å². The van der Waals surface area contributed by atoms with Gasteiger partial charge < -0.3 is 14.4 Å². The topological polar surface area (TPSA) is 21.7 Å². The summed E-state index contributed by atoms with van der Waals surface area (Å²) in [5.74, 6) is 0. The maximum Gasteiger partial charge on any atom is 0.111 e. The molecule has 1 heterocycles. The van der Waals surface area contributed by atoms with Crippen LogP contribution in [0.1, 0.15) is 26.7 Å². The van der Waals surface area contributed by atoms with Gasteiger partial charge in [-0.05, 0) is 20.3 Å². The molecule has 0 saturated carbocycles. The number of likely N-dealkylation sites (tertiary alicyclic amines) is 1. The van der Waals surface area contributed by atoms with Gasteiger partial charge in [-0.1, -0.05) is 13.2 Å². The minimum atomic E-state index is 0.124. The minimum absolute atomic E-state index is 0.124. The van der Waals surface area contributed by atoms with Crippen molar-refractivity contribution in [3.05, 3.63) is 25.1 Å². The van der Waals surface area contributed by atoms with Crippen molar-refractivity contribution >= 4 is 0 Å². The van der Waals surface area contributed by atoms with Crippen molar-refractivity contribution in [3.63, 3.8) is 0 Å². The minimum Gasteiger partial charge on any atom is -0.499 e. The molecular formula is C13H23NO2. The molecule has 0 aliphatic carbocycles. The van der Waals surface area contributed by atoms with E-state index >= 15 is 0 Å². The lowest BCUT2D eigenvalue weighted by Gasteiger charge is -2.46. The quantitative estimate of drug-likeness (QED) is 0.530. The van der Waals surface area contributed by atoms with Crippen LogP contribution < -0.4 is 0 Å². The zero-order valence-electron chi connectivity index (χ0n) is 10.7. The van der Waals surface area contributed by atoms with Crippen molar-refractivity contribution in [2.45, 2.75) is 38.3 Å². The van der Waals surface area contributed by atoms with Crippen molar-refractivity contribution < 1.29 is 9.47 Å². The number of piperidine rings is 1. The summed E-state index contributed by atoms with van der Waals surface area (Å²) in [5.41, 5.74) is 1.27. The molecule has 0 N–H and O–H groups in total. The van der Waals surface area contributed by atoms with E-state index < -0.39 is 0 Å². The third-order valence-electron chi connectivity index (χ3n) is 3.25. The SMILES string of the molecule is C=COCCOC1CC(=C)N(C)C(C)(C)C1. The number of hydrogen-bond donors (Lipinski definition) is 0. The van der Waals surface area contributed by atoms with E-state index in [9.17, 15) is 0 Å². The van der Waals surface area contributed by atoms with Crippen LogP contribution in [0.3, 0.4) is 0 Å². The standard InChI is InChI=1S/C13H23NO2/c1-6-15-7-8-16-12-9-11(2)14(5)13(3,4)10-12/h6,12H,1-2,7-10H2,3-5H3. The van der Waals surface area contributed by atoms with Crippen molar-refractivity contribution in [1.29, 1.82) is 0 Å². The summed E-state index contributed by atoms with van der Waals surface area (Å²) in [6.07, 6.45) is 3.64. The Morgan fingerprint density at radius 2 is 2.19 bits per heavy atom. The highest BCUT2D eigenvalue weighted by atomic mass is 16.5. The van der Waals surface area contributed by atoms with Crippen LogP contribution in [0.2, 0.25) is 0 Å². The smallest absolute Gasteiger partial charge is 0.111 e. The van der Waals surface area contributed by atoms with Gasteiger partial charge in [-0.15, -0.1) is 0 Å². The Labute approximate surface area is 98.7 Å². The van der Waals surface area contributed by atoms with E-state index in [-0.39, 0.29) is 11.6 Å². The molecule has 0 amide bonds. The average molecular weight is 225 g/mol. The second kappa shape index (κ2) is 5.39. The molecule has 1 saturated heterocycles. The molecule has 16 heavy (non-hydrogen) atoms. The van der Waals surface area contributed by atoms with E-state index in [2.05, 4.69) is 39.0 Å². The van der Waals surface area contributed by atoms with Crippen molar-refractivity contribution in [2.24, 2.45) is 0 Å². The molecule has 0 aromatic heterocycles. The molecule has 1 rings (SSSR count). The van der Waals surface area contributed by atoms with Crippen LogP contribution in [0.25, 0.3) is 0 Å². The Balaban J connectivity index is 2.39. The lowest BCUT2D eigenvalue weighted by molar-refractivity contribution is -0.0272. The lowest BCUT2D eigenvalue weighted by Crippen LogP contribution is -2.48. The summed E-state index contributed by atoms with van der Waals surface area (Å²) in [7, 11) is 2.10. The molecule has 1 unspecified atom stereocenters. The third-order valence-corrected chi connectivity index (χ3v) is 3.25. The average Bonchev–Trinajstić information content (AvgIpc) is 2.20. The highest BCUT2D eigenvalue weighted by Gasteiger charge is 2.34. The fraction of sp³-hybridized carbons (Fsp3) is 0.692. The largest absolute Gasteiger partial charge is 0.499 e. The van der Waals surface area contributed by atoms with Crippen LogP contribution in [0.15, 0.2) is 25.1 Å². The summed E-state index contributed by atoms with van der Waals surface area (Å²) in [6.45, 7) is 13.2. The van der Waals surface area contributed by atoms with Gasteiger partial charge in [0.05, 0.1) is 19.0 Å². The first-order valence-corrected chi connectivity index (χ1v) is 5.73. The van der Waals surface area contributed by atoms with E-state index in [0.29, 0.717) is 13.2 Å². The highest BCUT2D eigenvalue weighted by Crippen LogP contribution is 2.33. The molecule has 0 radical (unpaired) electrons. The van der Waals surface area contributed by atoms with Gasteiger partial charge in [0.15, 0.2) is 0 Å². The van der Waals surface area contributed by atoms with E-state index in [1.165, 1.54) is 6.26 Å². The Hall–Kier alpha value is -0.960. The molecule has 0 spiro atoms. The highest BCUT2D eigenvalue weighted by molar-refractivity contribution is 5.06. The summed E-state index contributed by atoms with van der Waals surface area (Å²) in [4.78, 5) is 2.24. The summed E-state index contributed by atoms with van der Waals surface area (Å²) in [5, 5.41) is 0. The summed E-state index contributed by atoms with van der Waals surface area (Å²) < 4.78 is 10.8. The Bertz CT molecular complexity index is 261.